The summed E-state index contributed by atoms with van der Waals surface area (Å²) in [6, 6.07) is 26.8. The van der Waals surface area contributed by atoms with Gasteiger partial charge in [-0.25, -0.2) is 0 Å². The van der Waals surface area contributed by atoms with Crippen LogP contribution in [0.2, 0.25) is 0 Å². The summed E-state index contributed by atoms with van der Waals surface area (Å²) in [7, 11) is 0. The number of nitrogens with one attached hydrogen (secondary N) is 1. The number of nitro groups is 1. The van der Waals surface area contributed by atoms with E-state index in [9.17, 15) is 19.7 Å². The van der Waals surface area contributed by atoms with Crippen LogP contribution in [-0.2, 0) is 22.6 Å². The van der Waals surface area contributed by atoms with Gasteiger partial charge in [-0.1, -0.05) is 60.7 Å². The second-order valence-electron chi connectivity index (χ2n) is 9.73. The Morgan fingerprint density at radius 3 is 2.40 bits per heavy atom. The van der Waals surface area contributed by atoms with E-state index in [-0.39, 0.29) is 43.7 Å². The lowest BCUT2D eigenvalue weighted by molar-refractivity contribution is -0.384. The molecule has 0 bridgehead atoms. The molecule has 0 saturated heterocycles. The SMILES string of the molecule is O=C(Cc1ccc(-c2ccccc2)cc1)NC1CC(=O)N(Cc2ccc3c(c2)OCO3)c2ccc([N+](=O)[O-])cc21. The molecule has 4 aromatic carbocycles. The number of nitro benzene ring substituents is 1. The van der Waals surface area contributed by atoms with Gasteiger partial charge in [0.15, 0.2) is 11.5 Å². The molecule has 0 aliphatic carbocycles. The first-order valence-corrected chi connectivity index (χ1v) is 12.9. The summed E-state index contributed by atoms with van der Waals surface area (Å²) in [5.41, 5.74) is 4.73. The number of ether oxygens (including phenoxy) is 2. The van der Waals surface area contributed by atoms with E-state index in [2.05, 4.69) is 5.32 Å². The second kappa shape index (κ2) is 10.5. The van der Waals surface area contributed by atoms with Gasteiger partial charge in [0, 0.05) is 23.4 Å². The van der Waals surface area contributed by atoms with Crippen LogP contribution in [0, 0.1) is 10.1 Å². The summed E-state index contributed by atoms with van der Waals surface area (Å²) in [6.45, 7) is 0.390. The fourth-order valence-electron chi connectivity index (χ4n) is 5.11. The van der Waals surface area contributed by atoms with Crippen molar-refractivity contribution in [3.05, 3.63) is 118 Å². The van der Waals surface area contributed by atoms with Crippen molar-refractivity contribution in [2.45, 2.75) is 25.4 Å². The molecular formula is C31H25N3O6. The number of rotatable bonds is 7. The van der Waals surface area contributed by atoms with Gasteiger partial charge in [0.25, 0.3) is 5.69 Å². The largest absolute Gasteiger partial charge is 0.454 e. The predicted octanol–water partition coefficient (Wildman–Crippen LogP) is 5.33. The highest BCUT2D eigenvalue weighted by molar-refractivity contribution is 5.98. The third-order valence-corrected chi connectivity index (χ3v) is 7.11. The van der Waals surface area contributed by atoms with Crippen molar-refractivity contribution in [1.82, 2.24) is 5.32 Å². The van der Waals surface area contributed by atoms with Crippen molar-refractivity contribution in [3.8, 4) is 22.6 Å². The van der Waals surface area contributed by atoms with E-state index in [1.807, 2.05) is 66.7 Å². The van der Waals surface area contributed by atoms with E-state index in [4.69, 9.17) is 9.47 Å². The molecular weight excluding hydrogens is 510 g/mol. The monoisotopic (exact) mass is 535 g/mol. The van der Waals surface area contributed by atoms with Gasteiger partial charge in [0.05, 0.1) is 30.4 Å². The summed E-state index contributed by atoms with van der Waals surface area (Å²) >= 11 is 0. The molecule has 9 heteroatoms. The number of nitrogens with zero attached hydrogens (tertiary/aromatic N) is 2. The first-order valence-electron chi connectivity index (χ1n) is 12.9. The van der Waals surface area contributed by atoms with E-state index in [0.29, 0.717) is 22.7 Å². The number of anilines is 1. The summed E-state index contributed by atoms with van der Waals surface area (Å²) in [4.78, 5) is 39.0. The first-order chi connectivity index (χ1) is 19.4. The summed E-state index contributed by atoms with van der Waals surface area (Å²) < 4.78 is 10.8. The lowest BCUT2D eigenvalue weighted by Crippen LogP contribution is -2.41. The van der Waals surface area contributed by atoms with Crippen LogP contribution >= 0.6 is 0 Å². The third kappa shape index (κ3) is 5.09. The number of carbonyl (C=O) groups excluding carboxylic acids is 2. The quantitative estimate of drug-likeness (QED) is 0.253. The Balaban J connectivity index is 1.21. The van der Waals surface area contributed by atoms with Crippen LogP contribution in [0.4, 0.5) is 11.4 Å². The molecule has 0 aromatic heterocycles. The maximum Gasteiger partial charge on any atom is 0.269 e. The Morgan fingerprint density at radius 1 is 0.900 bits per heavy atom. The predicted molar refractivity (Wildman–Crippen MR) is 148 cm³/mol. The molecule has 6 rings (SSSR count). The highest BCUT2D eigenvalue weighted by Gasteiger charge is 2.34. The summed E-state index contributed by atoms with van der Waals surface area (Å²) in [5, 5.41) is 14.5. The van der Waals surface area contributed by atoms with E-state index >= 15 is 0 Å². The molecule has 2 aliphatic heterocycles. The van der Waals surface area contributed by atoms with Crippen LogP contribution in [-0.4, -0.2) is 23.5 Å². The normalized spacial score (nSPS) is 15.4. The number of fused-ring (bicyclic) bond motifs is 2. The zero-order valence-electron chi connectivity index (χ0n) is 21.4. The molecule has 2 amide bonds. The number of hydrogen-bond acceptors (Lipinski definition) is 6. The number of benzene rings is 4. The van der Waals surface area contributed by atoms with Crippen molar-refractivity contribution in [2.24, 2.45) is 0 Å². The molecule has 40 heavy (non-hydrogen) atoms. The lowest BCUT2D eigenvalue weighted by Gasteiger charge is -2.34. The van der Waals surface area contributed by atoms with E-state index in [1.54, 1.807) is 17.0 Å². The van der Waals surface area contributed by atoms with Crippen LogP contribution in [0.3, 0.4) is 0 Å². The first kappa shape index (κ1) is 25.1. The van der Waals surface area contributed by atoms with Crippen molar-refractivity contribution >= 4 is 23.2 Å². The highest BCUT2D eigenvalue weighted by Crippen LogP contribution is 2.39. The molecule has 2 heterocycles. The van der Waals surface area contributed by atoms with Gasteiger partial charge in [-0.2, -0.15) is 0 Å². The van der Waals surface area contributed by atoms with Crippen molar-refractivity contribution in [1.29, 1.82) is 0 Å². The van der Waals surface area contributed by atoms with Crippen molar-refractivity contribution < 1.29 is 24.0 Å². The fourth-order valence-corrected chi connectivity index (χ4v) is 5.11. The molecule has 200 valence electrons. The topological polar surface area (TPSA) is 111 Å². The summed E-state index contributed by atoms with van der Waals surface area (Å²) in [6.07, 6.45) is 0.0995. The number of amides is 2. The maximum atomic E-state index is 13.3. The number of hydrogen-bond donors (Lipinski definition) is 1. The van der Waals surface area contributed by atoms with Gasteiger partial charge >= 0.3 is 0 Å². The van der Waals surface area contributed by atoms with Gasteiger partial charge < -0.3 is 19.7 Å². The van der Waals surface area contributed by atoms with Gasteiger partial charge in [-0.15, -0.1) is 0 Å². The Morgan fingerprint density at radius 2 is 1.62 bits per heavy atom. The molecule has 1 unspecified atom stereocenters. The van der Waals surface area contributed by atoms with Crippen LogP contribution < -0.4 is 19.7 Å². The van der Waals surface area contributed by atoms with Crippen LogP contribution in [0.5, 0.6) is 11.5 Å². The molecule has 9 nitrogen and oxygen atoms in total. The molecule has 4 aromatic rings. The molecule has 0 saturated carbocycles. The Hall–Kier alpha value is -5.18. The van der Waals surface area contributed by atoms with Crippen molar-refractivity contribution in [2.75, 3.05) is 11.7 Å². The molecule has 1 atom stereocenters. The Kier molecular flexibility index (Phi) is 6.61. The molecule has 1 N–H and O–H groups in total. The number of non-ortho nitro benzene ring substituents is 1. The standard InChI is InChI=1S/C31H25N3O6/c35-30(15-20-6-9-23(10-7-20)22-4-2-1-3-5-22)32-26-17-31(36)33(27-12-11-24(34(37)38)16-25(26)27)18-21-8-13-28-29(14-21)40-19-39-28/h1-14,16,26H,15,17-19H2,(H,32,35). The Bertz CT molecular complexity index is 1600. The minimum Gasteiger partial charge on any atom is -0.454 e. The zero-order chi connectivity index (χ0) is 27.6. The average Bonchev–Trinajstić information content (AvgIpc) is 3.44. The minimum atomic E-state index is -0.688. The fraction of sp³-hybridized carbons (Fsp3) is 0.161. The molecule has 0 spiro atoms. The highest BCUT2D eigenvalue weighted by atomic mass is 16.7. The van der Waals surface area contributed by atoms with Gasteiger partial charge in [0.1, 0.15) is 0 Å². The molecule has 0 radical (unpaired) electrons. The molecule has 0 fully saturated rings. The smallest absolute Gasteiger partial charge is 0.269 e. The van der Waals surface area contributed by atoms with Crippen LogP contribution in [0.15, 0.2) is 91.0 Å². The average molecular weight is 536 g/mol. The second-order valence-corrected chi connectivity index (χ2v) is 9.73. The Labute approximate surface area is 230 Å². The van der Waals surface area contributed by atoms with Gasteiger partial charge in [-0.05, 0) is 40.5 Å². The molecule has 2 aliphatic rings. The van der Waals surface area contributed by atoms with Crippen molar-refractivity contribution in [3.63, 3.8) is 0 Å². The summed E-state index contributed by atoms with van der Waals surface area (Å²) in [5.74, 6) is 0.776. The lowest BCUT2D eigenvalue weighted by atomic mass is 9.94. The van der Waals surface area contributed by atoms with Crippen LogP contribution in [0.25, 0.3) is 11.1 Å². The third-order valence-electron chi connectivity index (χ3n) is 7.11. The van der Waals surface area contributed by atoms with Gasteiger partial charge in [-0.3, -0.25) is 19.7 Å². The van der Waals surface area contributed by atoms with Crippen LogP contribution in [0.1, 0.15) is 29.2 Å². The minimum absolute atomic E-state index is 0.0165. The number of carbonyl (C=O) groups is 2. The zero-order valence-corrected chi connectivity index (χ0v) is 21.4. The van der Waals surface area contributed by atoms with E-state index in [0.717, 1.165) is 22.3 Å². The van der Waals surface area contributed by atoms with Gasteiger partial charge in [0.2, 0.25) is 18.6 Å². The van der Waals surface area contributed by atoms with E-state index in [1.165, 1.54) is 12.1 Å². The maximum absolute atomic E-state index is 13.3. The van der Waals surface area contributed by atoms with E-state index < -0.39 is 11.0 Å².